The minimum absolute atomic E-state index is 0.00796. The van der Waals surface area contributed by atoms with Gasteiger partial charge in [0.2, 0.25) is 41.4 Å². The number of carbonyl (C=O) groups is 7. The Morgan fingerprint density at radius 1 is 0.784 bits per heavy atom. The summed E-state index contributed by atoms with van der Waals surface area (Å²) < 4.78 is 0. The fraction of sp³-hybridized carbons (Fsp3) is 0.472. The van der Waals surface area contributed by atoms with E-state index in [9.17, 15) is 33.6 Å². The Balaban J connectivity index is 1.73. The second-order valence-electron chi connectivity index (χ2n) is 12.9. The van der Waals surface area contributed by atoms with E-state index in [-0.39, 0.29) is 37.5 Å². The minimum atomic E-state index is -1.14. The summed E-state index contributed by atoms with van der Waals surface area (Å²) in [5, 5.41) is 15.9. The van der Waals surface area contributed by atoms with Gasteiger partial charge in [0.1, 0.15) is 30.2 Å². The van der Waals surface area contributed by atoms with Crippen LogP contribution in [0.15, 0.2) is 60.7 Å². The fourth-order valence-corrected chi connectivity index (χ4v) is 5.98. The molecule has 1 heterocycles. The highest BCUT2D eigenvalue weighted by molar-refractivity contribution is 7.98. The fourth-order valence-electron chi connectivity index (χ4n) is 5.51. The van der Waals surface area contributed by atoms with Gasteiger partial charge in [-0.1, -0.05) is 74.5 Å². The largest absolute Gasteiger partial charge is 0.368 e. The average molecular weight is 724 g/mol. The van der Waals surface area contributed by atoms with E-state index in [1.165, 1.54) is 11.8 Å². The highest BCUT2D eigenvalue weighted by Crippen LogP contribution is 2.11. The topological polar surface area (TPSA) is 218 Å². The minimum Gasteiger partial charge on any atom is -0.368 e. The van der Waals surface area contributed by atoms with E-state index in [1.54, 1.807) is 36.4 Å². The molecule has 0 aromatic heterocycles. The number of hydrogen-bond donors (Lipinski definition) is 7. The van der Waals surface area contributed by atoms with Crippen LogP contribution < -0.4 is 37.6 Å². The molecule has 1 saturated heterocycles. The summed E-state index contributed by atoms with van der Waals surface area (Å²) >= 11 is 1.50. The van der Waals surface area contributed by atoms with Crippen molar-refractivity contribution in [2.75, 3.05) is 18.6 Å². The summed E-state index contributed by atoms with van der Waals surface area (Å²) in [7, 11) is 0. The highest BCUT2D eigenvalue weighted by Gasteiger charge is 2.33. The van der Waals surface area contributed by atoms with Gasteiger partial charge in [-0.25, -0.2) is 0 Å². The van der Waals surface area contributed by atoms with Crippen molar-refractivity contribution < 1.29 is 33.6 Å². The van der Waals surface area contributed by atoms with Gasteiger partial charge in [0.25, 0.3) is 0 Å². The Morgan fingerprint density at radius 2 is 1.33 bits per heavy atom. The van der Waals surface area contributed by atoms with E-state index in [2.05, 4.69) is 31.9 Å². The number of nitrogens with one attached hydrogen (secondary N) is 6. The van der Waals surface area contributed by atoms with Crippen LogP contribution >= 0.6 is 11.8 Å². The first-order valence-corrected chi connectivity index (χ1v) is 18.4. The third-order valence-corrected chi connectivity index (χ3v) is 8.84. The van der Waals surface area contributed by atoms with Gasteiger partial charge >= 0.3 is 0 Å². The molecule has 14 nitrogen and oxygen atoms in total. The van der Waals surface area contributed by atoms with Gasteiger partial charge in [-0.2, -0.15) is 11.8 Å². The Kier molecular flexibility index (Phi) is 16.4. The Hall–Kier alpha value is -4.92. The number of primary amides is 1. The first-order valence-electron chi connectivity index (χ1n) is 17.0. The molecule has 0 spiro atoms. The molecule has 7 amide bonds. The number of benzene rings is 2. The number of amides is 7. The van der Waals surface area contributed by atoms with E-state index < -0.39 is 72.2 Å². The third kappa shape index (κ3) is 14.1. The summed E-state index contributed by atoms with van der Waals surface area (Å²) in [5.74, 6) is -3.34. The molecule has 2 aromatic rings. The second-order valence-corrected chi connectivity index (χ2v) is 13.9. The van der Waals surface area contributed by atoms with Crippen LogP contribution in [0.25, 0.3) is 0 Å². The SMILES string of the molecule is CSCC[C@H](NC(=O)[C@H](CC(C)C)NC(=O)CNC(=O)[C@@H](Cc1ccccc1)NC(=O)[C@H](Cc1ccccc1)NC(=O)[C@@H]1CCC(=O)N1)C(N)=O. The van der Waals surface area contributed by atoms with Gasteiger partial charge in [-0.3, -0.25) is 33.6 Å². The van der Waals surface area contributed by atoms with Crippen molar-refractivity contribution in [2.24, 2.45) is 11.7 Å². The van der Waals surface area contributed by atoms with Crippen molar-refractivity contribution >= 4 is 53.1 Å². The molecule has 1 aliphatic heterocycles. The highest BCUT2D eigenvalue weighted by atomic mass is 32.2. The molecule has 2 aromatic carbocycles. The number of hydrogen-bond acceptors (Lipinski definition) is 8. The molecular weight excluding hydrogens is 675 g/mol. The smallest absolute Gasteiger partial charge is 0.243 e. The molecule has 0 bridgehead atoms. The maximum absolute atomic E-state index is 13.8. The molecule has 0 aliphatic carbocycles. The van der Waals surface area contributed by atoms with Crippen LogP contribution in [0, 0.1) is 5.92 Å². The van der Waals surface area contributed by atoms with E-state index in [0.717, 1.165) is 11.1 Å². The third-order valence-electron chi connectivity index (χ3n) is 8.20. The van der Waals surface area contributed by atoms with Gasteiger partial charge in [-0.15, -0.1) is 0 Å². The number of thioether (sulfide) groups is 1. The van der Waals surface area contributed by atoms with E-state index in [1.807, 2.05) is 44.4 Å². The second kappa shape index (κ2) is 20.7. The van der Waals surface area contributed by atoms with Crippen molar-refractivity contribution in [1.29, 1.82) is 0 Å². The van der Waals surface area contributed by atoms with Crippen LogP contribution in [0.5, 0.6) is 0 Å². The van der Waals surface area contributed by atoms with Crippen LogP contribution in [0.3, 0.4) is 0 Å². The monoisotopic (exact) mass is 723 g/mol. The molecule has 51 heavy (non-hydrogen) atoms. The van der Waals surface area contributed by atoms with Crippen LogP contribution in [0.4, 0.5) is 0 Å². The van der Waals surface area contributed by atoms with Gasteiger partial charge in [0.05, 0.1) is 6.54 Å². The Bertz CT molecular complexity index is 1510. The molecule has 3 rings (SSSR count). The van der Waals surface area contributed by atoms with E-state index in [4.69, 9.17) is 5.73 Å². The predicted octanol–water partition coefficient (Wildman–Crippen LogP) is 0.0903. The lowest BCUT2D eigenvalue weighted by atomic mass is 10.0. The molecule has 1 fully saturated rings. The van der Waals surface area contributed by atoms with Crippen LogP contribution in [0.1, 0.15) is 50.7 Å². The summed E-state index contributed by atoms with van der Waals surface area (Å²) in [4.78, 5) is 90.2. The Labute approximate surface area is 302 Å². The van der Waals surface area contributed by atoms with Gasteiger partial charge < -0.3 is 37.6 Å². The summed E-state index contributed by atoms with van der Waals surface area (Å²) in [6.45, 7) is 3.25. The first-order chi connectivity index (χ1) is 24.4. The lowest BCUT2D eigenvalue weighted by molar-refractivity contribution is -0.134. The zero-order valence-electron chi connectivity index (χ0n) is 29.2. The summed E-state index contributed by atoms with van der Waals surface area (Å²) in [6, 6.07) is 13.1. The lowest BCUT2D eigenvalue weighted by Gasteiger charge is -2.25. The average Bonchev–Trinajstić information content (AvgIpc) is 3.54. The van der Waals surface area contributed by atoms with Crippen molar-refractivity contribution in [3.05, 3.63) is 71.8 Å². The van der Waals surface area contributed by atoms with Crippen LogP contribution in [-0.4, -0.2) is 90.1 Å². The maximum Gasteiger partial charge on any atom is 0.243 e. The van der Waals surface area contributed by atoms with Gasteiger partial charge in [0.15, 0.2) is 0 Å². The molecule has 5 atom stereocenters. The molecule has 0 radical (unpaired) electrons. The zero-order chi connectivity index (χ0) is 37.3. The van der Waals surface area contributed by atoms with Crippen molar-refractivity contribution in [3.8, 4) is 0 Å². The summed E-state index contributed by atoms with van der Waals surface area (Å²) in [5.41, 5.74) is 6.98. The van der Waals surface area contributed by atoms with E-state index >= 15 is 0 Å². The molecule has 0 unspecified atom stereocenters. The van der Waals surface area contributed by atoms with Gasteiger partial charge in [-0.05, 0) is 48.3 Å². The zero-order valence-corrected chi connectivity index (χ0v) is 30.1. The lowest BCUT2D eigenvalue weighted by Crippen LogP contribution is -2.58. The molecule has 1 aliphatic rings. The molecule has 276 valence electrons. The first kappa shape index (κ1) is 40.5. The number of rotatable bonds is 20. The molecule has 15 heteroatoms. The number of nitrogens with two attached hydrogens (primary N) is 1. The normalized spacial score (nSPS) is 16.2. The number of carbonyl (C=O) groups excluding carboxylic acids is 7. The van der Waals surface area contributed by atoms with Crippen molar-refractivity contribution in [3.63, 3.8) is 0 Å². The molecule has 0 saturated carbocycles. The summed E-state index contributed by atoms with van der Waals surface area (Å²) in [6.07, 6.45) is 3.17. The quantitative estimate of drug-likeness (QED) is 0.0991. The maximum atomic E-state index is 13.8. The van der Waals surface area contributed by atoms with Crippen LogP contribution in [0.2, 0.25) is 0 Å². The van der Waals surface area contributed by atoms with Gasteiger partial charge in [0, 0.05) is 19.3 Å². The molecular formula is C36H49N7O7S. The molecule has 8 N–H and O–H groups in total. The standard InChI is InChI=1S/C36H49N7O7S/c1-22(2)18-27(35(49)41-25(32(37)46)16-17-51-3)40-31(45)21-38-33(47)28(19-23-10-6-4-7-11-23)42-36(50)29(20-24-12-8-5-9-13-24)43-34(48)26-14-15-30(44)39-26/h4-13,22,25-29H,14-21H2,1-3H3,(H2,37,46)(H,38,47)(H,39,44)(H,40,45)(H,41,49)(H,42,50)(H,43,48)/t25-,26-,27-,28+,29-/m0/s1. The van der Waals surface area contributed by atoms with E-state index in [0.29, 0.717) is 18.6 Å². The predicted molar refractivity (Wildman–Crippen MR) is 194 cm³/mol. The van der Waals surface area contributed by atoms with Crippen LogP contribution in [-0.2, 0) is 46.4 Å². The van der Waals surface area contributed by atoms with Crippen molar-refractivity contribution in [2.45, 2.75) is 82.6 Å². The Morgan fingerprint density at radius 3 is 1.84 bits per heavy atom. The van der Waals surface area contributed by atoms with Crippen molar-refractivity contribution in [1.82, 2.24) is 31.9 Å².